The van der Waals surface area contributed by atoms with Crippen LogP contribution in [0, 0.1) is 12.8 Å². The van der Waals surface area contributed by atoms with Gasteiger partial charge in [-0.1, -0.05) is 13.8 Å². The van der Waals surface area contributed by atoms with Gasteiger partial charge in [0.15, 0.2) is 9.96 Å². The lowest BCUT2D eigenvalue weighted by molar-refractivity contribution is 0.380. The number of nitrogens with zero attached hydrogens (tertiary/aromatic N) is 4. The summed E-state index contributed by atoms with van der Waals surface area (Å²) in [7, 11) is -4.01. The standard InChI is InChI=1S/C25H28N6O6S2/c1-14(2)18(17-6-5-15(3)37-17)29-20-19(22(33)23(20)34)28-16-13-38-24(21(16)32)39(35,36)31-11-9-30(10-12-31)25-26-7-4-8-27-25/h4-8,13-14,18,28-29,32H,9-12H2,1-3H3/t18-/m1/s1. The highest BCUT2D eigenvalue weighted by Gasteiger charge is 2.34. The van der Waals surface area contributed by atoms with Crippen LogP contribution in [-0.2, 0) is 10.0 Å². The second kappa shape index (κ2) is 10.4. The van der Waals surface area contributed by atoms with Crippen LogP contribution in [0.15, 0.2) is 54.2 Å². The van der Waals surface area contributed by atoms with Gasteiger partial charge in [-0.3, -0.25) is 9.59 Å². The first-order valence-electron chi connectivity index (χ1n) is 12.3. The molecule has 206 valence electrons. The van der Waals surface area contributed by atoms with Crippen molar-refractivity contribution in [3.8, 4) is 5.75 Å². The molecule has 0 amide bonds. The maximum absolute atomic E-state index is 13.3. The van der Waals surface area contributed by atoms with Crippen LogP contribution in [-0.4, -0.2) is 54.0 Å². The molecule has 0 aliphatic carbocycles. The van der Waals surface area contributed by atoms with Crippen molar-refractivity contribution < 1.29 is 17.9 Å². The summed E-state index contributed by atoms with van der Waals surface area (Å²) in [6.07, 6.45) is 3.25. The highest BCUT2D eigenvalue weighted by Crippen LogP contribution is 2.41. The third kappa shape index (κ3) is 5.02. The molecule has 12 nitrogen and oxygen atoms in total. The number of aromatic nitrogens is 2. The molecule has 1 atom stereocenters. The molecule has 14 heteroatoms. The normalized spacial score (nSPS) is 15.6. The van der Waals surface area contributed by atoms with Gasteiger partial charge in [-0.2, -0.15) is 4.31 Å². The second-order valence-corrected chi connectivity index (χ2v) is 12.6. The zero-order valence-corrected chi connectivity index (χ0v) is 23.2. The van der Waals surface area contributed by atoms with Crippen LogP contribution in [0.3, 0.4) is 0 Å². The predicted molar refractivity (Wildman–Crippen MR) is 148 cm³/mol. The molecular formula is C25H28N6O6S2. The van der Waals surface area contributed by atoms with Gasteiger partial charge >= 0.3 is 0 Å². The van der Waals surface area contributed by atoms with Crippen molar-refractivity contribution in [2.75, 3.05) is 41.7 Å². The topological polar surface area (TPSA) is 158 Å². The van der Waals surface area contributed by atoms with Crippen LogP contribution in [0.4, 0.5) is 23.0 Å². The van der Waals surface area contributed by atoms with E-state index in [0.29, 0.717) is 30.6 Å². The zero-order valence-electron chi connectivity index (χ0n) is 21.5. The van der Waals surface area contributed by atoms with Crippen molar-refractivity contribution in [1.82, 2.24) is 14.3 Å². The molecule has 1 aliphatic heterocycles. The maximum atomic E-state index is 13.3. The lowest BCUT2D eigenvalue weighted by Crippen LogP contribution is -2.49. The summed E-state index contributed by atoms with van der Waals surface area (Å²) in [5.41, 5.74) is -1.41. The van der Waals surface area contributed by atoms with Crippen LogP contribution in [0.5, 0.6) is 5.75 Å². The maximum Gasteiger partial charge on any atom is 0.256 e. The number of rotatable bonds is 9. The summed E-state index contributed by atoms with van der Waals surface area (Å²) in [5.74, 6) is 1.38. The number of nitrogens with one attached hydrogen (secondary N) is 2. The molecule has 0 unspecified atom stereocenters. The SMILES string of the molecule is Cc1ccc([C@H](Nc2c(Nc3csc(S(=O)(=O)N4CCN(c5ncccn5)CC4)c3O)c(=O)c2=O)C(C)C)o1. The summed E-state index contributed by atoms with van der Waals surface area (Å²) in [5, 5.41) is 18.1. The van der Waals surface area contributed by atoms with E-state index in [0.717, 1.165) is 11.3 Å². The molecule has 0 radical (unpaired) electrons. The van der Waals surface area contributed by atoms with E-state index < -0.39 is 26.6 Å². The molecule has 0 saturated carbocycles. The summed E-state index contributed by atoms with van der Waals surface area (Å²) >= 11 is 0.838. The summed E-state index contributed by atoms with van der Waals surface area (Å²) in [6.45, 7) is 6.88. The largest absolute Gasteiger partial charge is 0.504 e. The van der Waals surface area contributed by atoms with E-state index in [4.69, 9.17) is 4.42 Å². The third-order valence-corrected chi connectivity index (χ3v) is 9.97. The van der Waals surface area contributed by atoms with Gasteiger partial charge in [0.1, 0.15) is 22.9 Å². The van der Waals surface area contributed by atoms with Crippen LogP contribution in [0.25, 0.3) is 0 Å². The second-order valence-electron chi connectivity index (χ2n) is 9.57. The minimum Gasteiger partial charge on any atom is -0.504 e. The van der Waals surface area contributed by atoms with Crippen molar-refractivity contribution in [2.45, 2.75) is 31.0 Å². The van der Waals surface area contributed by atoms with Gasteiger partial charge in [-0.25, -0.2) is 18.4 Å². The van der Waals surface area contributed by atoms with Crippen LogP contribution < -0.4 is 26.4 Å². The van der Waals surface area contributed by atoms with Crippen molar-refractivity contribution in [3.05, 3.63) is 67.9 Å². The van der Waals surface area contributed by atoms with E-state index >= 15 is 0 Å². The minimum absolute atomic E-state index is 0.0213. The predicted octanol–water partition coefficient (Wildman–Crippen LogP) is 2.80. The Morgan fingerprint density at radius 3 is 2.33 bits per heavy atom. The molecule has 39 heavy (non-hydrogen) atoms. The van der Waals surface area contributed by atoms with E-state index in [-0.39, 0.29) is 46.3 Å². The van der Waals surface area contributed by atoms with E-state index in [1.54, 1.807) is 24.5 Å². The molecule has 1 aromatic carbocycles. The van der Waals surface area contributed by atoms with E-state index in [2.05, 4.69) is 20.6 Å². The number of thiophene rings is 1. The summed E-state index contributed by atoms with van der Waals surface area (Å²) in [6, 6.07) is 4.95. The number of aromatic hydroxyl groups is 1. The van der Waals surface area contributed by atoms with E-state index in [9.17, 15) is 23.1 Å². The monoisotopic (exact) mass is 572 g/mol. The average Bonchev–Trinajstić information content (AvgIpc) is 3.53. The van der Waals surface area contributed by atoms with Gasteiger partial charge < -0.3 is 25.1 Å². The lowest BCUT2D eigenvalue weighted by Gasteiger charge is -2.33. The fraction of sp³-hybridized carbons (Fsp3) is 0.360. The first kappa shape index (κ1) is 26.8. The van der Waals surface area contributed by atoms with Crippen molar-refractivity contribution in [1.29, 1.82) is 0 Å². The lowest BCUT2D eigenvalue weighted by atomic mass is 10.0. The summed E-state index contributed by atoms with van der Waals surface area (Å²) < 4.78 is 33.4. The Kier molecular flexibility index (Phi) is 7.18. The van der Waals surface area contributed by atoms with Gasteiger partial charge in [-0.15, -0.1) is 11.3 Å². The fourth-order valence-corrected chi connectivity index (χ4v) is 7.23. The highest BCUT2D eigenvalue weighted by atomic mass is 32.2. The Morgan fingerprint density at radius 2 is 1.72 bits per heavy atom. The van der Waals surface area contributed by atoms with Gasteiger partial charge in [0.2, 0.25) is 5.95 Å². The molecule has 4 aromatic rings. The summed E-state index contributed by atoms with van der Waals surface area (Å²) in [4.78, 5) is 35.2. The quantitative estimate of drug-likeness (QED) is 0.253. The molecule has 1 aliphatic rings. The number of aryl methyl sites for hydroxylation is 1. The third-order valence-electron chi connectivity index (χ3n) is 6.58. The minimum atomic E-state index is -4.01. The molecule has 1 fully saturated rings. The van der Waals surface area contributed by atoms with Gasteiger partial charge in [0.25, 0.3) is 20.9 Å². The molecule has 5 rings (SSSR count). The van der Waals surface area contributed by atoms with Crippen molar-refractivity contribution >= 4 is 44.4 Å². The molecule has 3 aromatic heterocycles. The first-order chi connectivity index (χ1) is 18.6. The Morgan fingerprint density at radius 1 is 1.05 bits per heavy atom. The number of hydrogen-bond donors (Lipinski definition) is 3. The number of piperazine rings is 1. The molecule has 1 saturated heterocycles. The van der Waals surface area contributed by atoms with E-state index in [1.165, 1.54) is 9.69 Å². The van der Waals surface area contributed by atoms with E-state index in [1.807, 2.05) is 31.7 Å². The molecule has 4 heterocycles. The zero-order chi connectivity index (χ0) is 27.9. The van der Waals surface area contributed by atoms with Crippen LogP contribution >= 0.6 is 11.3 Å². The highest BCUT2D eigenvalue weighted by molar-refractivity contribution is 7.91. The number of furan rings is 1. The van der Waals surface area contributed by atoms with Gasteiger partial charge in [0, 0.05) is 44.0 Å². The fourth-order valence-electron chi connectivity index (χ4n) is 4.43. The Bertz CT molecular complexity index is 1650. The smallest absolute Gasteiger partial charge is 0.256 e. The molecule has 3 N–H and O–H groups in total. The first-order valence-corrected chi connectivity index (χ1v) is 14.7. The molecule has 0 bridgehead atoms. The van der Waals surface area contributed by atoms with Crippen molar-refractivity contribution in [3.63, 3.8) is 0 Å². The average molecular weight is 573 g/mol. The van der Waals surface area contributed by atoms with Gasteiger partial charge in [0.05, 0.1) is 11.7 Å². The van der Waals surface area contributed by atoms with Crippen molar-refractivity contribution in [2.24, 2.45) is 5.92 Å². The Balaban J connectivity index is 1.33. The molecular weight excluding hydrogens is 544 g/mol. The van der Waals surface area contributed by atoms with Crippen LogP contribution in [0.1, 0.15) is 31.4 Å². The number of hydrogen-bond acceptors (Lipinski definition) is 12. The Hall–Kier alpha value is -3.75. The number of sulfonamides is 1. The Labute approximate surface area is 228 Å². The van der Waals surface area contributed by atoms with Crippen LogP contribution in [0.2, 0.25) is 0 Å². The number of anilines is 4. The molecule has 0 spiro atoms. The van der Waals surface area contributed by atoms with Gasteiger partial charge in [-0.05, 0) is 31.0 Å².